The van der Waals surface area contributed by atoms with E-state index in [9.17, 15) is 0 Å². The molecule has 0 heterocycles. The third kappa shape index (κ3) is 3.92. The van der Waals surface area contributed by atoms with Gasteiger partial charge in [0.1, 0.15) is 5.60 Å². The molecule has 0 spiro atoms. The van der Waals surface area contributed by atoms with Crippen molar-refractivity contribution in [1.29, 1.82) is 0 Å². The van der Waals surface area contributed by atoms with Gasteiger partial charge in [-0.2, -0.15) is 4.89 Å². The minimum Gasteiger partial charge on any atom is -0.337 e. The highest BCUT2D eigenvalue weighted by Gasteiger charge is 2.14. The van der Waals surface area contributed by atoms with Gasteiger partial charge in [-0.25, -0.2) is 0 Å². The average Bonchev–Trinajstić information content (AvgIpc) is 2.14. The highest BCUT2D eigenvalue weighted by atomic mass is 17.2. The fraction of sp³-hybridized carbons (Fsp3) is 0.538. The second kappa shape index (κ2) is 4.67. The van der Waals surface area contributed by atoms with Gasteiger partial charge in [0.25, 0.3) is 0 Å². The summed E-state index contributed by atoms with van der Waals surface area (Å²) in [6.45, 7) is 10.2. The molecule has 1 aromatic rings. The van der Waals surface area contributed by atoms with Crippen molar-refractivity contribution in [3.63, 3.8) is 0 Å². The Kier molecular flexibility index (Phi) is 3.75. The lowest BCUT2D eigenvalue weighted by Crippen LogP contribution is -2.21. The lowest BCUT2D eigenvalue weighted by molar-refractivity contribution is -0.275. The van der Waals surface area contributed by atoms with Gasteiger partial charge in [-0.3, -0.25) is 0 Å². The Hall–Kier alpha value is -1.02. The predicted molar refractivity (Wildman–Crippen MR) is 62.0 cm³/mol. The van der Waals surface area contributed by atoms with Gasteiger partial charge >= 0.3 is 0 Å². The van der Waals surface area contributed by atoms with Crippen LogP contribution in [0.2, 0.25) is 0 Å². The molecule has 0 atom stereocenters. The summed E-state index contributed by atoms with van der Waals surface area (Å²) in [5.41, 5.74) is 0.881. The lowest BCUT2D eigenvalue weighted by Gasteiger charge is -2.19. The molecule has 0 unspecified atom stereocenters. The largest absolute Gasteiger partial charge is 0.337 e. The predicted octanol–water partition coefficient (Wildman–Crippen LogP) is 3.92. The Labute approximate surface area is 92.1 Å². The topological polar surface area (TPSA) is 18.5 Å². The molecule has 0 aliphatic rings. The molecular weight excluding hydrogens is 188 g/mol. The van der Waals surface area contributed by atoms with E-state index in [1.54, 1.807) is 0 Å². The minimum atomic E-state index is -0.288. The summed E-state index contributed by atoms with van der Waals surface area (Å²) in [6.07, 6.45) is 0. The van der Waals surface area contributed by atoms with Gasteiger partial charge < -0.3 is 4.89 Å². The number of rotatable bonds is 3. The standard InChI is InChI=1S/C13H20O2/c1-10(2)11-8-6-7-9-12(11)14-15-13(3,4)5/h6-10H,1-5H3. The van der Waals surface area contributed by atoms with Crippen LogP contribution < -0.4 is 4.89 Å². The number of para-hydroxylation sites is 1. The van der Waals surface area contributed by atoms with E-state index in [-0.39, 0.29) is 5.60 Å². The summed E-state index contributed by atoms with van der Waals surface area (Å²) < 4.78 is 0. The molecule has 0 N–H and O–H groups in total. The van der Waals surface area contributed by atoms with Crippen molar-refractivity contribution in [3.05, 3.63) is 29.8 Å². The van der Waals surface area contributed by atoms with Gasteiger partial charge in [-0.1, -0.05) is 32.0 Å². The van der Waals surface area contributed by atoms with Crippen molar-refractivity contribution in [3.8, 4) is 5.75 Å². The van der Waals surface area contributed by atoms with Gasteiger partial charge in [0.2, 0.25) is 0 Å². The molecule has 0 amide bonds. The zero-order chi connectivity index (χ0) is 11.5. The molecule has 2 nitrogen and oxygen atoms in total. The first-order valence-corrected chi connectivity index (χ1v) is 5.35. The molecule has 0 saturated carbocycles. The first-order chi connectivity index (χ1) is 6.90. The molecule has 0 fully saturated rings. The number of hydrogen-bond acceptors (Lipinski definition) is 2. The quantitative estimate of drug-likeness (QED) is 0.553. The molecule has 0 aliphatic heterocycles. The van der Waals surface area contributed by atoms with Gasteiger partial charge in [0.15, 0.2) is 5.75 Å². The molecular formula is C13H20O2. The smallest absolute Gasteiger partial charge is 0.168 e. The fourth-order valence-corrected chi connectivity index (χ4v) is 1.20. The van der Waals surface area contributed by atoms with E-state index in [0.717, 1.165) is 5.75 Å². The number of hydrogen-bond donors (Lipinski definition) is 0. The summed E-state index contributed by atoms with van der Waals surface area (Å²) >= 11 is 0. The Morgan fingerprint density at radius 3 is 2.20 bits per heavy atom. The van der Waals surface area contributed by atoms with E-state index in [1.807, 2.05) is 39.0 Å². The van der Waals surface area contributed by atoms with E-state index >= 15 is 0 Å². The van der Waals surface area contributed by atoms with Crippen LogP contribution in [-0.4, -0.2) is 5.60 Å². The van der Waals surface area contributed by atoms with Crippen molar-refractivity contribution in [2.75, 3.05) is 0 Å². The third-order valence-electron chi connectivity index (χ3n) is 1.92. The van der Waals surface area contributed by atoms with Crippen molar-refractivity contribution >= 4 is 0 Å². The van der Waals surface area contributed by atoms with Crippen molar-refractivity contribution in [1.82, 2.24) is 0 Å². The van der Waals surface area contributed by atoms with E-state index in [2.05, 4.69) is 19.9 Å². The fourth-order valence-electron chi connectivity index (χ4n) is 1.20. The molecule has 0 saturated heterocycles. The third-order valence-corrected chi connectivity index (χ3v) is 1.92. The van der Waals surface area contributed by atoms with Crippen LogP contribution in [-0.2, 0) is 4.89 Å². The Morgan fingerprint density at radius 2 is 1.67 bits per heavy atom. The molecule has 1 rings (SSSR count). The number of benzene rings is 1. The van der Waals surface area contributed by atoms with Crippen molar-refractivity contribution in [2.24, 2.45) is 0 Å². The second-order valence-electron chi connectivity index (χ2n) is 4.97. The highest BCUT2D eigenvalue weighted by molar-refractivity contribution is 5.35. The van der Waals surface area contributed by atoms with Crippen LogP contribution in [0.3, 0.4) is 0 Å². The van der Waals surface area contributed by atoms with Crippen LogP contribution in [0.1, 0.15) is 46.1 Å². The molecule has 15 heavy (non-hydrogen) atoms. The highest BCUT2D eigenvalue weighted by Crippen LogP contribution is 2.27. The summed E-state index contributed by atoms with van der Waals surface area (Å²) in [4.78, 5) is 10.7. The second-order valence-corrected chi connectivity index (χ2v) is 4.97. The van der Waals surface area contributed by atoms with Crippen LogP contribution in [0.25, 0.3) is 0 Å². The van der Waals surface area contributed by atoms with Crippen LogP contribution in [0.15, 0.2) is 24.3 Å². The Balaban J connectivity index is 2.76. The monoisotopic (exact) mass is 208 g/mol. The van der Waals surface area contributed by atoms with Crippen LogP contribution >= 0.6 is 0 Å². The summed E-state index contributed by atoms with van der Waals surface area (Å²) in [5, 5.41) is 0. The van der Waals surface area contributed by atoms with Gasteiger partial charge in [0, 0.05) is 5.56 Å². The summed E-state index contributed by atoms with van der Waals surface area (Å²) in [7, 11) is 0. The van der Waals surface area contributed by atoms with Crippen LogP contribution in [0.5, 0.6) is 5.75 Å². The minimum absolute atomic E-state index is 0.288. The van der Waals surface area contributed by atoms with Crippen molar-refractivity contribution < 1.29 is 9.78 Å². The Morgan fingerprint density at radius 1 is 1.07 bits per heavy atom. The van der Waals surface area contributed by atoms with E-state index in [4.69, 9.17) is 9.78 Å². The van der Waals surface area contributed by atoms with Crippen molar-refractivity contribution in [2.45, 2.75) is 46.1 Å². The molecule has 0 radical (unpaired) electrons. The normalized spacial score (nSPS) is 11.9. The molecule has 1 aromatic carbocycles. The zero-order valence-corrected chi connectivity index (χ0v) is 10.2. The maximum atomic E-state index is 5.36. The van der Waals surface area contributed by atoms with Gasteiger partial charge in [-0.15, -0.1) is 0 Å². The van der Waals surface area contributed by atoms with E-state index < -0.39 is 0 Å². The van der Waals surface area contributed by atoms with Gasteiger partial charge in [-0.05, 0) is 32.8 Å². The van der Waals surface area contributed by atoms with Gasteiger partial charge in [0.05, 0.1) is 0 Å². The van der Waals surface area contributed by atoms with E-state index in [1.165, 1.54) is 5.56 Å². The lowest BCUT2D eigenvalue weighted by atomic mass is 10.0. The van der Waals surface area contributed by atoms with Crippen LogP contribution in [0.4, 0.5) is 0 Å². The summed E-state index contributed by atoms with van der Waals surface area (Å²) in [5.74, 6) is 1.24. The maximum absolute atomic E-state index is 5.36. The SMILES string of the molecule is CC(C)c1ccccc1OOC(C)(C)C. The summed E-state index contributed by atoms with van der Waals surface area (Å²) in [6, 6.07) is 7.96. The van der Waals surface area contributed by atoms with Crippen LogP contribution in [0, 0.1) is 0 Å². The first-order valence-electron chi connectivity index (χ1n) is 5.35. The average molecular weight is 208 g/mol. The molecule has 2 heteroatoms. The van der Waals surface area contributed by atoms with E-state index in [0.29, 0.717) is 5.92 Å². The first kappa shape index (κ1) is 12.1. The molecule has 0 aliphatic carbocycles. The Bertz CT molecular complexity index is 311. The maximum Gasteiger partial charge on any atom is 0.168 e. The zero-order valence-electron chi connectivity index (χ0n) is 10.2. The molecule has 84 valence electrons. The molecule has 0 bridgehead atoms. The molecule has 0 aromatic heterocycles.